The number of quaternary nitrogens is 2. The summed E-state index contributed by atoms with van der Waals surface area (Å²) in [6.45, 7) is 12.0. The molecule has 0 amide bonds. The van der Waals surface area contributed by atoms with Crippen LogP contribution in [-0.4, -0.2) is 61.3 Å². The van der Waals surface area contributed by atoms with E-state index in [1.807, 2.05) is 0 Å². The highest BCUT2D eigenvalue weighted by Gasteiger charge is 2.42. The zero-order chi connectivity index (χ0) is 10.9. The average molecular weight is 224 g/mol. The maximum absolute atomic E-state index is 1.50. The van der Waals surface area contributed by atoms with Crippen LogP contribution < -0.4 is 0 Å². The highest BCUT2D eigenvalue weighted by atomic mass is 15.5. The van der Waals surface area contributed by atoms with E-state index in [9.17, 15) is 0 Å². The first-order valence-electron chi connectivity index (χ1n) is 7.53. The zero-order valence-electron chi connectivity index (χ0n) is 10.8. The van der Waals surface area contributed by atoms with Gasteiger partial charge >= 0.3 is 0 Å². The summed E-state index contributed by atoms with van der Waals surface area (Å²) in [5.41, 5.74) is 0. The van der Waals surface area contributed by atoms with E-state index >= 15 is 0 Å². The molecule has 0 aromatic heterocycles. The van der Waals surface area contributed by atoms with Gasteiger partial charge in [0, 0.05) is 0 Å². The molecule has 0 unspecified atom stereocenters. The van der Waals surface area contributed by atoms with Crippen LogP contribution in [0.3, 0.4) is 0 Å². The van der Waals surface area contributed by atoms with E-state index in [-0.39, 0.29) is 0 Å². The van der Waals surface area contributed by atoms with E-state index in [4.69, 9.17) is 0 Å². The minimum atomic E-state index is 1.50. The van der Waals surface area contributed by atoms with Crippen LogP contribution in [0.2, 0.25) is 0 Å². The molecule has 3 fully saturated rings. The molecular weight excluding hydrogens is 196 g/mol. The van der Waals surface area contributed by atoms with Gasteiger partial charge in [-0.25, -0.2) is 0 Å². The first-order valence-corrected chi connectivity index (χ1v) is 7.53. The Bertz CT molecular complexity index is 199. The molecule has 0 saturated carbocycles. The summed E-state index contributed by atoms with van der Waals surface area (Å²) >= 11 is 0. The van der Waals surface area contributed by atoms with Crippen LogP contribution in [0.1, 0.15) is 38.5 Å². The largest absolute Gasteiger partial charge is 0.314 e. The van der Waals surface area contributed by atoms with Gasteiger partial charge in [-0.15, -0.1) is 0 Å². The normalized spacial score (nSPS) is 33.0. The molecule has 0 aromatic rings. The van der Waals surface area contributed by atoms with Crippen molar-refractivity contribution in [1.82, 2.24) is 0 Å². The maximum Gasteiger partial charge on any atom is 0.129 e. The average Bonchev–Trinajstić information content (AvgIpc) is 2.36. The third-order valence-corrected chi connectivity index (χ3v) is 5.63. The van der Waals surface area contributed by atoms with Crippen molar-refractivity contribution in [3.63, 3.8) is 0 Å². The molecule has 0 aromatic carbocycles. The number of nitrogens with zero attached hydrogens (tertiary/aromatic N) is 2. The molecule has 3 saturated heterocycles. The van der Waals surface area contributed by atoms with Crippen molar-refractivity contribution in [2.24, 2.45) is 0 Å². The van der Waals surface area contributed by atoms with Crippen molar-refractivity contribution in [3.05, 3.63) is 0 Å². The lowest BCUT2D eigenvalue weighted by molar-refractivity contribution is -1.03. The summed E-state index contributed by atoms with van der Waals surface area (Å²) in [6.07, 6.45) is 9.00. The van der Waals surface area contributed by atoms with Gasteiger partial charge in [0.25, 0.3) is 0 Å². The monoisotopic (exact) mass is 224 g/mol. The molecule has 0 N–H and O–H groups in total. The zero-order valence-corrected chi connectivity index (χ0v) is 10.8. The van der Waals surface area contributed by atoms with Crippen LogP contribution in [0, 0.1) is 0 Å². The number of hydrogen-bond donors (Lipinski definition) is 0. The van der Waals surface area contributed by atoms with Crippen LogP contribution in [0.4, 0.5) is 0 Å². The summed E-state index contributed by atoms with van der Waals surface area (Å²) in [4.78, 5) is 0. The molecule has 0 atom stereocenters. The predicted octanol–water partition coefficient (Wildman–Crippen LogP) is 2.00. The molecule has 92 valence electrons. The fraction of sp³-hybridized carbons (Fsp3) is 1.00. The van der Waals surface area contributed by atoms with Gasteiger partial charge in [-0.05, 0) is 38.5 Å². The van der Waals surface area contributed by atoms with E-state index in [0.717, 1.165) is 0 Å². The Kier molecular flexibility index (Phi) is 2.97. The summed E-state index contributed by atoms with van der Waals surface area (Å²) in [5.74, 6) is 0. The second kappa shape index (κ2) is 4.30. The predicted molar refractivity (Wildman–Crippen MR) is 67.2 cm³/mol. The number of rotatable bonds is 0. The van der Waals surface area contributed by atoms with Gasteiger partial charge in [0.15, 0.2) is 0 Å². The Balaban J connectivity index is 1.61. The van der Waals surface area contributed by atoms with Crippen LogP contribution >= 0.6 is 0 Å². The van der Waals surface area contributed by atoms with Crippen molar-refractivity contribution in [2.45, 2.75) is 38.5 Å². The van der Waals surface area contributed by atoms with Crippen molar-refractivity contribution < 1.29 is 8.97 Å². The van der Waals surface area contributed by atoms with Crippen molar-refractivity contribution in [1.29, 1.82) is 0 Å². The van der Waals surface area contributed by atoms with Crippen molar-refractivity contribution in [2.75, 3.05) is 52.4 Å². The summed E-state index contributed by atoms with van der Waals surface area (Å²) in [7, 11) is 0. The molecule has 2 nitrogen and oxygen atoms in total. The van der Waals surface area contributed by atoms with Crippen molar-refractivity contribution in [3.8, 4) is 0 Å². The van der Waals surface area contributed by atoms with Gasteiger partial charge < -0.3 is 8.97 Å². The molecule has 3 rings (SSSR count). The van der Waals surface area contributed by atoms with Crippen LogP contribution in [0.25, 0.3) is 0 Å². The van der Waals surface area contributed by atoms with Gasteiger partial charge in [0.2, 0.25) is 0 Å². The number of hydrogen-bond acceptors (Lipinski definition) is 0. The Morgan fingerprint density at radius 1 is 0.312 bits per heavy atom. The quantitative estimate of drug-likeness (QED) is 0.552. The molecule has 3 heterocycles. The minimum absolute atomic E-state index is 1.50. The molecular formula is C14H28N2+2. The van der Waals surface area contributed by atoms with Gasteiger partial charge in [-0.2, -0.15) is 0 Å². The van der Waals surface area contributed by atoms with E-state index in [0.29, 0.717) is 0 Å². The van der Waals surface area contributed by atoms with E-state index in [1.165, 1.54) is 99.8 Å². The Morgan fingerprint density at radius 2 is 0.625 bits per heavy atom. The van der Waals surface area contributed by atoms with Gasteiger partial charge in [0.1, 0.15) is 26.2 Å². The topological polar surface area (TPSA) is 0 Å². The molecule has 16 heavy (non-hydrogen) atoms. The van der Waals surface area contributed by atoms with Gasteiger partial charge in [-0.1, -0.05) is 0 Å². The lowest BCUT2D eigenvalue weighted by atomic mass is 10.0. The summed E-state index contributed by atoms with van der Waals surface area (Å²) < 4.78 is 3.00. The SMILES string of the molecule is C1CC[N+]2(CC1)CC[N+]1(CCCCC1)CC2. The van der Waals surface area contributed by atoms with Crippen molar-refractivity contribution >= 4 is 0 Å². The molecule has 0 bridgehead atoms. The fourth-order valence-electron chi connectivity index (χ4n) is 4.33. The summed E-state index contributed by atoms with van der Waals surface area (Å²) in [6, 6.07) is 0. The first-order chi connectivity index (χ1) is 7.83. The van der Waals surface area contributed by atoms with E-state index < -0.39 is 0 Å². The smallest absolute Gasteiger partial charge is 0.129 e. The van der Waals surface area contributed by atoms with Gasteiger partial charge in [-0.3, -0.25) is 0 Å². The minimum Gasteiger partial charge on any atom is -0.314 e. The standard InChI is InChI=1S/C14H28N2/c1-3-7-15(8-4-1)11-13-16(14-12-15)9-5-2-6-10-16/h1-14H2/q+2. The highest BCUT2D eigenvalue weighted by molar-refractivity contribution is 4.62. The Morgan fingerprint density at radius 3 is 0.938 bits per heavy atom. The lowest BCUT2D eigenvalue weighted by Crippen LogP contribution is -2.68. The van der Waals surface area contributed by atoms with Gasteiger partial charge in [0.05, 0.1) is 26.2 Å². The van der Waals surface area contributed by atoms with Crippen LogP contribution in [0.5, 0.6) is 0 Å². The van der Waals surface area contributed by atoms with Crippen LogP contribution in [0.15, 0.2) is 0 Å². The third kappa shape index (κ3) is 2.02. The number of piperidine rings is 2. The van der Waals surface area contributed by atoms with Crippen LogP contribution in [-0.2, 0) is 0 Å². The Hall–Kier alpha value is -0.0800. The molecule has 3 aliphatic heterocycles. The second-order valence-corrected chi connectivity index (χ2v) is 6.59. The first kappa shape index (κ1) is 11.0. The molecule has 3 aliphatic rings. The Labute approximate surface area is 100 Å². The highest BCUT2D eigenvalue weighted by Crippen LogP contribution is 2.27. The van der Waals surface area contributed by atoms with E-state index in [1.54, 1.807) is 0 Å². The van der Waals surface area contributed by atoms with E-state index in [2.05, 4.69) is 0 Å². The number of piperazine rings is 1. The fourth-order valence-corrected chi connectivity index (χ4v) is 4.33. The maximum atomic E-state index is 1.50. The summed E-state index contributed by atoms with van der Waals surface area (Å²) in [5, 5.41) is 0. The lowest BCUT2D eigenvalue weighted by Gasteiger charge is -2.52. The molecule has 0 radical (unpaired) electrons. The molecule has 2 heteroatoms. The molecule has 0 aliphatic carbocycles. The second-order valence-electron chi connectivity index (χ2n) is 6.59. The third-order valence-electron chi connectivity index (χ3n) is 5.63. The molecule has 2 spiro atoms.